The Bertz CT molecular complexity index is 307. The lowest BCUT2D eigenvalue weighted by atomic mass is 10.1. The molecule has 0 aliphatic rings. The van der Waals surface area contributed by atoms with Crippen LogP contribution < -0.4 is 0 Å². The van der Waals surface area contributed by atoms with Crippen LogP contribution in [0, 0.1) is 0 Å². The molecule has 0 bridgehead atoms. The number of allylic oxidation sites excluding steroid dienone is 1. The average molecular weight is 185 g/mol. The van der Waals surface area contributed by atoms with Crippen LogP contribution in [0.1, 0.15) is 5.56 Å². The first kappa shape index (κ1) is 8.94. The number of aromatic hydroxyl groups is 2. The van der Waals surface area contributed by atoms with Crippen LogP contribution in [-0.4, -0.2) is 16.1 Å². The van der Waals surface area contributed by atoms with Gasteiger partial charge in [0.15, 0.2) is 11.5 Å². The van der Waals surface area contributed by atoms with Crippen molar-refractivity contribution >= 4 is 17.2 Å². The summed E-state index contributed by atoms with van der Waals surface area (Å²) < 4.78 is 0. The highest BCUT2D eigenvalue weighted by molar-refractivity contribution is 6.23. The van der Waals surface area contributed by atoms with Crippen LogP contribution in [0.5, 0.6) is 11.5 Å². The maximum atomic E-state index is 9.33. The third kappa shape index (κ3) is 1.53. The summed E-state index contributed by atoms with van der Waals surface area (Å²) in [5.41, 5.74) is 1.08. The van der Waals surface area contributed by atoms with Gasteiger partial charge >= 0.3 is 0 Å². The van der Waals surface area contributed by atoms with E-state index in [1.165, 1.54) is 6.07 Å². The number of hydrogen-bond donors (Lipinski definition) is 2. The maximum absolute atomic E-state index is 9.33. The van der Waals surface area contributed by atoms with Gasteiger partial charge in [-0.15, -0.1) is 11.6 Å². The fourth-order valence-corrected chi connectivity index (χ4v) is 1.03. The highest BCUT2D eigenvalue weighted by atomic mass is 35.5. The second kappa shape index (κ2) is 3.50. The lowest BCUT2D eigenvalue weighted by Gasteiger charge is -2.05. The minimum absolute atomic E-state index is 0.154. The van der Waals surface area contributed by atoms with E-state index in [0.717, 1.165) is 0 Å². The third-order valence-corrected chi connectivity index (χ3v) is 1.88. The molecule has 0 aromatic heterocycles. The molecular weight excluding hydrogens is 176 g/mol. The van der Waals surface area contributed by atoms with E-state index in [0.29, 0.717) is 11.1 Å². The molecule has 0 spiro atoms. The minimum Gasteiger partial charge on any atom is -0.504 e. The number of para-hydroxylation sites is 1. The van der Waals surface area contributed by atoms with E-state index in [2.05, 4.69) is 6.58 Å². The van der Waals surface area contributed by atoms with E-state index in [9.17, 15) is 5.11 Å². The molecule has 2 nitrogen and oxygen atoms in total. The Labute approximate surface area is 75.7 Å². The average Bonchev–Trinajstić information content (AvgIpc) is 2.08. The summed E-state index contributed by atoms with van der Waals surface area (Å²) in [7, 11) is 0. The molecule has 0 saturated carbocycles. The van der Waals surface area contributed by atoms with Gasteiger partial charge in [0.2, 0.25) is 0 Å². The molecule has 3 heteroatoms. The molecule has 0 saturated heterocycles. The SMILES string of the molecule is C=C(CCl)c1cccc(O)c1O. The number of alkyl halides is 1. The number of rotatable bonds is 2. The van der Waals surface area contributed by atoms with Crippen molar-refractivity contribution in [3.05, 3.63) is 30.3 Å². The molecule has 1 rings (SSSR count). The van der Waals surface area contributed by atoms with Crippen molar-refractivity contribution < 1.29 is 10.2 Å². The van der Waals surface area contributed by atoms with E-state index in [1.807, 2.05) is 0 Å². The molecule has 1 aromatic carbocycles. The Morgan fingerprint density at radius 2 is 2.08 bits per heavy atom. The molecule has 0 atom stereocenters. The molecule has 2 N–H and O–H groups in total. The second-order valence-corrected chi connectivity index (χ2v) is 2.68. The summed E-state index contributed by atoms with van der Waals surface area (Å²) in [6, 6.07) is 4.68. The van der Waals surface area contributed by atoms with Gasteiger partial charge < -0.3 is 10.2 Å². The first-order valence-corrected chi connectivity index (χ1v) is 3.95. The van der Waals surface area contributed by atoms with E-state index in [1.54, 1.807) is 12.1 Å². The molecule has 1 aromatic rings. The number of benzene rings is 1. The third-order valence-electron chi connectivity index (χ3n) is 1.56. The molecule has 0 fully saturated rings. The summed E-state index contributed by atoms with van der Waals surface area (Å²) in [5, 5.41) is 18.4. The van der Waals surface area contributed by atoms with Crippen molar-refractivity contribution in [2.75, 3.05) is 5.88 Å². The summed E-state index contributed by atoms with van der Waals surface area (Å²) in [6.45, 7) is 3.64. The molecule has 0 amide bonds. The topological polar surface area (TPSA) is 40.5 Å². The summed E-state index contributed by atoms with van der Waals surface area (Å²) in [4.78, 5) is 0. The highest BCUT2D eigenvalue weighted by Crippen LogP contribution is 2.32. The smallest absolute Gasteiger partial charge is 0.165 e. The van der Waals surface area contributed by atoms with Crippen LogP contribution in [0.3, 0.4) is 0 Å². The Morgan fingerprint density at radius 3 is 2.67 bits per heavy atom. The van der Waals surface area contributed by atoms with Crippen molar-refractivity contribution in [3.63, 3.8) is 0 Å². The van der Waals surface area contributed by atoms with E-state index in [4.69, 9.17) is 16.7 Å². The van der Waals surface area contributed by atoms with Crippen LogP contribution in [0.2, 0.25) is 0 Å². The number of phenolic OH excluding ortho intramolecular Hbond substituents is 2. The van der Waals surface area contributed by atoms with Crippen molar-refractivity contribution in [1.29, 1.82) is 0 Å². The van der Waals surface area contributed by atoms with Gasteiger partial charge in [-0.25, -0.2) is 0 Å². The lowest BCUT2D eigenvalue weighted by Crippen LogP contribution is -1.84. The molecular formula is C9H9ClO2. The van der Waals surface area contributed by atoms with Crippen LogP contribution in [0.25, 0.3) is 5.57 Å². The van der Waals surface area contributed by atoms with Crippen molar-refractivity contribution in [3.8, 4) is 11.5 Å². The minimum atomic E-state index is -0.164. The monoisotopic (exact) mass is 184 g/mol. The first-order chi connectivity index (χ1) is 5.66. The second-order valence-electron chi connectivity index (χ2n) is 2.41. The lowest BCUT2D eigenvalue weighted by molar-refractivity contribution is 0.402. The largest absolute Gasteiger partial charge is 0.504 e. The maximum Gasteiger partial charge on any atom is 0.165 e. The van der Waals surface area contributed by atoms with Crippen molar-refractivity contribution in [1.82, 2.24) is 0 Å². The van der Waals surface area contributed by atoms with E-state index in [-0.39, 0.29) is 17.4 Å². The Morgan fingerprint density at radius 1 is 1.42 bits per heavy atom. The van der Waals surface area contributed by atoms with Gasteiger partial charge in [-0.05, 0) is 11.6 Å². The Kier molecular flexibility index (Phi) is 2.61. The molecule has 0 aliphatic carbocycles. The molecule has 12 heavy (non-hydrogen) atoms. The quantitative estimate of drug-likeness (QED) is 0.547. The fraction of sp³-hybridized carbons (Fsp3) is 0.111. The van der Waals surface area contributed by atoms with Gasteiger partial charge in [-0.2, -0.15) is 0 Å². The zero-order chi connectivity index (χ0) is 9.14. The first-order valence-electron chi connectivity index (χ1n) is 3.42. The zero-order valence-corrected chi connectivity index (χ0v) is 7.17. The summed E-state index contributed by atoms with van der Waals surface area (Å²) >= 11 is 5.52. The van der Waals surface area contributed by atoms with Gasteiger partial charge in [0.1, 0.15) is 0 Å². The fourth-order valence-electron chi connectivity index (χ4n) is 0.889. The normalized spacial score (nSPS) is 9.75. The highest BCUT2D eigenvalue weighted by Gasteiger charge is 2.07. The van der Waals surface area contributed by atoms with Gasteiger partial charge in [0, 0.05) is 11.4 Å². The number of hydrogen-bond acceptors (Lipinski definition) is 2. The van der Waals surface area contributed by atoms with Gasteiger partial charge in [0.05, 0.1) is 0 Å². The van der Waals surface area contributed by atoms with Crippen LogP contribution >= 0.6 is 11.6 Å². The molecule has 0 unspecified atom stereocenters. The summed E-state index contributed by atoms with van der Waals surface area (Å²) in [5.74, 6) is -0.0845. The predicted molar refractivity (Wildman–Crippen MR) is 49.5 cm³/mol. The zero-order valence-electron chi connectivity index (χ0n) is 6.42. The van der Waals surface area contributed by atoms with Gasteiger partial charge in [0.25, 0.3) is 0 Å². The molecule has 0 heterocycles. The van der Waals surface area contributed by atoms with Crippen molar-refractivity contribution in [2.45, 2.75) is 0 Å². The number of phenols is 2. The molecule has 0 radical (unpaired) electrons. The van der Waals surface area contributed by atoms with Crippen molar-refractivity contribution in [2.24, 2.45) is 0 Å². The van der Waals surface area contributed by atoms with Crippen LogP contribution in [0.15, 0.2) is 24.8 Å². The number of halogens is 1. The van der Waals surface area contributed by atoms with Crippen LogP contribution in [-0.2, 0) is 0 Å². The summed E-state index contributed by atoms with van der Waals surface area (Å²) in [6.07, 6.45) is 0. The molecule has 0 aliphatic heterocycles. The van der Waals surface area contributed by atoms with Gasteiger partial charge in [-0.1, -0.05) is 18.7 Å². The van der Waals surface area contributed by atoms with Gasteiger partial charge in [-0.3, -0.25) is 0 Å². The standard InChI is InChI=1S/C9H9ClO2/c1-6(5-10)7-3-2-4-8(11)9(7)12/h2-4,11-12H,1,5H2. The van der Waals surface area contributed by atoms with E-state index >= 15 is 0 Å². The van der Waals surface area contributed by atoms with Crippen LogP contribution in [0.4, 0.5) is 0 Å². The Hall–Kier alpha value is -1.15. The van der Waals surface area contributed by atoms with E-state index < -0.39 is 0 Å². The predicted octanol–water partition coefficient (Wildman–Crippen LogP) is 2.35. The molecule has 64 valence electrons. The Balaban J connectivity index is 3.16.